The molecule has 2 aromatic carbocycles. The summed E-state index contributed by atoms with van der Waals surface area (Å²) in [6.07, 6.45) is 0. The van der Waals surface area contributed by atoms with E-state index in [1.807, 2.05) is 39.1 Å². The molecule has 0 aliphatic carbocycles. The standard InChI is InChI=1S/C16H16BrClFN/c1-9-5-4-6-10(2)15(9)16(20-3)11-7-13(18)12(17)8-14(11)19/h4-8,16,20H,1-3H3. The Kier molecular flexibility index (Phi) is 4.84. The van der Waals surface area contributed by atoms with Gasteiger partial charge in [0, 0.05) is 10.0 Å². The highest BCUT2D eigenvalue weighted by Crippen LogP contribution is 2.33. The van der Waals surface area contributed by atoms with Crippen LogP contribution in [-0.2, 0) is 0 Å². The van der Waals surface area contributed by atoms with Crippen LogP contribution >= 0.6 is 27.5 Å². The second-order valence-electron chi connectivity index (χ2n) is 4.82. The van der Waals surface area contributed by atoms with Gasteiger partial charge in [-0.15, -0.1) is 0 Å². The molecule has 4 heteroatoms. The number of aryl methyl sites for hydroxylation is 2. The van der Waals surface area contributed by atoms with E-state index in [0.717, 1.165) is 16.7 Å². The van der Waals surface area contributed by atoms with E-state index in [9.17, 15) is 4.39 Å². The van der Waals surface area contributed by atoms with Crippen LogP contribution in [0, 0.1) is 19.7 Å². The van der Waals surface area contributed by atoms with Crippen LogP contribution in [0.2, 0.25) is 5.02 Å². The first-order valence-electron chi connectivity index (χ1n) is 6.33. The van der Waals surface area contributed by atoms with Gasteiger partial charge in [-0.05, 0) is 65.6 Å². The van der Waals surface area contributed by atoms with Gasteiger partial charge in [-0.25, -0.2) is 4.39 Å². The van der Waals surface area contributed by atoms with Crippen molar-refractivity contribution in [1.29, 1.82) is 0 Å². The largest absolute Gasteiger partial charge is 0.309 e. The summed E-state index contributed by atoms with van der Waals surface area (Å²) in [6.45, 7) is 4.07. The van der Waals surface area contributed by atoms with Crippen molar-refractivity contribution in [3.63, 3.8) is 0 Å². The maximum absolute atomic E-state index is 14.3. The Bertz CT molecular complexity index is 622. The molecule has 0 radical (unpaired) electrons. The Morgan fingerprint density at radius 1 is 1.20 bits per heavy atom. The van der Waals surface area contributed by atoms with Crippen molar-refractivity contribution in [2.75, 3.05) is 7.05 Å². The SMILES string of the molecule is CNC(c1cc(Cl)c(Br)cc1F)c1c(C)cccc1C. The van der Waals surface area contributed by atoms with Gasteiger partial charge in [-0.1, -0.05) is 29.8 Å². The third kappa shape index (κ3) is 2.90. The molecule has 20 heavy (non-hydrogen) atoms. The Labute approximate surface area is 132 Å². The molecule has 0 saturated heterocycles. The van der Waals surface area contributed by atoms with E-state index in [2.05, 4.69) is 21.2 Å². The number of hydrogen-bond acceptors (Lipinski definition) is 1. The molecule has 0 spiro atoms. The van der Waals surface area contributed by atoms with Crippen LogP contribution in [-0.4, -0.2) is 7.05 Å². The minimum atomic E-state index is -0.275. The van der Waals surface area contributed by atoms with Crippen LogP contribution in [0.1, 0.15) is 28.3 Å². The molecule has 0 fully saturated rings. The summed E-state index contributed by atoms with van der Waals surface area (Å²) in [4.78, 5) is 0. The molecule has 0 aromatic heterocycles. The Morgan fingerprint density at radius 2 is 1.80 bits per heavy atom. The second-order valence-corrected chi connectivity index (χ2v) is 6.08. The van der Waals surface area contributed by atoms with Crippen molar-refractivity contribution in [3.05, 3.63) is 67.9 Å². The monoisotopic (exact) mass is 355 g/mol. The lowest BCUT2D eigenvalue weighted by atomic mass is 9.91. The normalized spacial score (nSPS) is 12.5. The van der Waals surface area contributed by atoms with E-state index in [0.29, 0.717) is 15.1 Å². The number of halogens is 3. The molecule has 1 nitrogen and oxygen atoms in total. The summed E-state index contributed by atoms with van der Waals surface area (Å²) in [5, 5.41) is 3.70. The maximum Gasteiger partial charge on any atom is 0.129 e. The summed E-state index contributed by atoms with van der Waals surface area (Å²) in [5.74, 6) is -0.275. The zero-order valence-electron chi connectivity index (χ0n) is 11.6. The number of nitrogens with one attached hydrogen (secondary N) is 1. The molecule has 1 N–H and O–H groups in total. The topological polar surface area (TPSA) is 12.0 Å². The van der Waals surface area contributed by atoms with Crippen LogP contribution in [0.5, 0.6) is 0 Å². The summed E-state index contributed by atoms with van der Waals surface area (Å²) in [5.41, 5.74) is 3.90. The highest BCUT2D eigenvalue weighted by Gasteiger charge is 2.21. The predicted octanol–water partition coefficient (Wildman–Crippen LogP) is 5.17. The molecule has 0 heterocycles. The summed E-state index contributed by atoms with van der Waals surface area (Å²) >= 11 is 9.36. The predicted molar refractivity (Wildman–Crippen MR) is 85.9 cm³/mol. The van der Waals surface area contributed by atoms with Crippen LogP contribution in [0.15, 0.2) is 34.8 Å². The summed E-state index contributed by atoms with van der Waals surface area (Å²) < 4.78 is 14.9. The average Bonchev–Trinajstić information content (AvgIpc) is 2.39. The molecule has 106 valence electrons. The molecule has 0 aliphatic rings. The van der Waals surface area contributed by atoms with Gasteiger partial charge in [-0.3, -0.25) is 0 Å². The zero-order chi connectivity index (χ0) is 14.9. The van der Waals surface area contributed by atoms with Crippen molar-refractivity contribution < 1.29 is 4.39 Å². The van der Waals surface area contributed by atoms with Gasteiger partial charge in [0.2, 0.25) is 0 Å². The van der Waals surface area contributed by atoms with E-state index in [1.54, 1.807) is 6.07 Å². The number of benzene rings is 2. The Balaban J connectivity index is 2.62. The van der Waals surface area contributed by atoms with E-state index in [1.165, 1.54) is 6.07 Å². The highest BCUT2D eigenvalue weighted by molar-refractivity contribution is 9.10. The fraction of sp³-hybridized carbons (Fsp3) is 0.250. The lowest BCUT2D eigenvalue weighted by Gasteiger charge is -2.22. The molecule has 0 amide bonds. The average molecular weight is 357 g/mol. The lowest BCUT2D eigenvalue weighted by Crippen LogP contribution is -2.21. The van der Waals surface area contributed by atoms with E-state index in [4.69, 9.17) is 11.6 Å². The van der Waals surface area contributed by atoms with Gasteiger partial charge in [-0.2, -0.15) is 0 Å². The Hall–Kier alpha value is -0.900. The van der Waals surface area contributed by atoms with Crippen molar-refractivity contribution in [1.82, 2.24) is 5.32 Å². The van der Waals surface area contributed by atoms with Crippen molar-refractivity contribution in [2.45, 2.75) is 19.9 Å². The first kappa shape index (κ1) is 15.5. The second kappa shape index (κ2) is 6.25. The van der Waals surface area contributed by atoms with Crippen LogP contribution in [0.25, 0.3) is 0 Å². The Morgan fingerprint density at radius 3 is 2.35 bits per heavy atom. The quantitative estimate of drug-likeness (QED) is 0.748. The number of hydrogen-bond donors (Lipinski definition) is 1. The molecular formula is C16H16BrClFN. The first-order chi connectivity index (χ1) is 9.45. The highest BCUT2D eigenvalue weighted by atomic mass is 79.9. The third-order valence-corrected chi connectivity index (χ3v) is 4.67. The van der Waals surface area contributed by atoms with Gasteiger partial charge in [0.1, 0.15) is 5.82 Å². The van der Waals surface area contributed by atoms with Crippen molar-refractivity contribution >= 4 is 27.5 Å². The molecule has 0 bridgehead atoms. The minimum Gasteiger partial charge on any atom is -0.309 e. The third-order valence-electron chi connectivity index (χ3n) is 3.47. The summed E-state index contributed by atoms with van der Waals surface area (Å²) in [7, 11) is 1.83. The lowest BCUT2D eigenvalue weighted by molar-refractivity contribution is 0.573. The molecule has 1 atom stereocenters. The molecule has 2 aromatic rings. The first-order valence-corrected chi connectivity index (χ1v) is 7.50. The van der Waals surface area contributed by atoms with Crippen molar-refractivity contribution in [3.8, 4) is 0 Å². The van der Waals surface area contributed by atoms with E-state index in [-0.39, 0.29) is 11.9 Å². The van der Waals surface area contributed by atoms with Crippen molar-refractivity contribution in [2.24, 2.45) is 0 Å². The molecule has 0 saturated carbocycles. The molecule has 1 unspecified atom stereocenters. The fourth-order valence-corrected chi connectivity index (χ4v) is 2.98. The van der Waals surface area contributed by atoms with Crippen LogP contribution in [0.3, 0.4) is 0 Å². The number of rotatable bonds is 3. The van der Waals surface area contributed by atoms with Gasteiger partial charge >= 0.3 is 0 Å². The smallest absolute Gasteiger partial charge is 0.129 e. The van der Waals surface area contributed by atoms with Gasteiger partial charge < -0.3 is 5.32 Å². The van der Waals surface area contributed by atoms with Gasteiger partial charge in [0.05, 0.1) is 11.1 Å². The van der Waals surface area contributed by atoms with Crippen LogP contribution < -0.4 is 5.32 Å². The molecular weight excluding hydrogens is 341 g/mol. The molecule has 0 aliphatic heterocycles. The van der Waals surface area contributed by atoms with E-state index < -0.39 is 0 Å². The summed E-state index contributed by atoms with van der Waals surface area (Å²) in [6, 6.07) is 8.94. The maximum atomic E-state index is 14.3. The van der Waals surface area contributed by atoms with Crippen LogP contribution in [0.4, 0.5) is 4.39 Å². The zero-order valence-corrected chi connectivity index (χ0v) is 13.9. The minimum absolute atomic E-state index is 0.221. The van der Waals surface area contributed by atoms with E-state index >= 15 is 0 Å². The fourth-order valence-electron chi connectivity index (χ4n) is 2.50. The molecule has 2 rings (SSSR count). The van der Waals surface area contributed by atoms with Gasteiger partial charge in [0.15, 0.2) is 0 Å². The van der Waals surface area contributed by atoms with Gasteiger partial charge in [0.25, 0.3) is 0 Å².